The average Bonchev–Trinajstić information content (AvgIpc) is 2.78. The number of aliphatic hydroxyl groups is 1. The molecule has 2 aromatic carbocycles. The number of benzene rings is 2. The third kappa shape index (κ3) is 5.37. The molecule has 3 rings (SSSR count). The fourth-order valence-corrected chi connectivity index (χ4v) is 5.50. The summed E-state index contributed by atoms with van der Waals surface area (Å²) >= 11 is 12.5. The van der Waals surface area contributed by atoms with Gasteiger partial charge in [-0.2, -0.15) is 0 Å². The minimum atomic E-state index is -1.39. The Morgan fingerprint density at radius 2 is 1.76 bits per heavy atom. The number of piperidine rings is 1. The van der Waals surface area contributed by atoms with Crippen molar-refractivity contribution in [2.75, 3.05) is 0 Å². The number of primary amides is 1. The van der Waals surface area contributed by atoms with E-state index >= 15 is 0 Å². The number of aliphatic hydroxyl groups excluding tert-OH is 1. The van der Waals surface area contributed by atoms with Gasteiger partial charge < -0.3 is 15.7 Å². The van der Waals surface area contributed by atoms with Gasteiger partial charge in [0.1, 0.15) is 6.10 Å². The highest BCUT2D eigenvalue weighted by Gasteiger charge is 2.52. The van der Waals surface area contributed by atoms with Gasteiger partial charge in [0.05, 0.1) is 11.5 Å². The molecule has 0 bridgehead atoms. The van der Waals surface area contributed by atoms with Gasteiger partial charge in [-0.1, -0.05) is 68.2 Å². The highest BCUT2D eigenvalue weighted by molar-refractivity contribution is 6.30. The van der Waals surface area contributed by atoms with Crippen molar-refractivity contribution in [3.05, 3.63) is 69.7 Å². The lowest BCUT2D eigenvalue weighted by Crippen LogP contribution is -2.56. The number of nitrogens with zero attached hydrogens (tertiary/aromatic N) is 1. The molecule has 5 nitrogen and oxygen atoms in total. The van der Waals surface area contributed by atoms with Crippen molar-refractivity contribution in [2.24, 2.45) is 11.1 Å². The van der Waals surface area contributed by atoms with E-state index < -0.39 is 17.4 Å². The third-order valence-corrected chi connectivity index (χ3v) is 7.39. The zero-order valence-electron chi connectivity index (χ0n) is 19.3. The van der Waals surface area contributed by atoms with E-state index in [1.54, 1.807) is 0 Å². The van der Waals surface area contributed by atoms with Crippen LogP contribution in [0.5, 0.6) is 0 Å². The van der Waals surface area contributed by atoms with E-state index in [1.165, 1.54) is 0 Å². The van der Waals surface area contributed by atoms with Crippen molar-refractivity contribution in [2.45, 2.75) is 70.6 Å². The summed E-state index contributed by atoms with van der Waals surface area (Å²) in [6.45, 7) is 5.96. The number of carbonyl (C=O) groups excluding carboxylic acids is 2. The SMILES string of the molecule is CCC(CC)N1C(=O)[C@@](C)(CC(O)C(N)=O)C[C@H](c2cccc(Cl)c2)[C@H]1c1ccc(Cl)cc1. The van der Waals surface area contributed by atoms with Crippen LogP contribution in [-0.2, 0) is 9.59 Å². The first kappa shape index (κ1) is 25.5. The summed E-state index contributed by atoms with van der Waals surface area (Å²) in [5, 5.41) is 11.6. The van der Waals surface area contributed by atoms with Crippen LogP contribution in [0.1, 0.15) is 69.5 Å². The first-order valence-corrected chi connectivity index (χ1v) is 12.2. The molecule has 2 aromatic rings. The molecule has 3 N–H and O–H groups in total. The minimum absolute atomic E-state index is 0.00907. The fourth-order valence-electron chi connectivity index (χ4n) is 5.18. The Balaban J connectivity index is 2.20. The molecule has 1 fully saturated rings. The molecule has 1 unspecified atom stereocenters. The Morgan fingerprint density at radius 3 is 2.30 bits per heavy atom. The summed E-state index contributed by atoms with van der Waals surface area (Å²) in [6.07, 6.45) is 0.587. The largest absolute Gasteiger partial charge is 0.383 e. The quantitative estimate of drug-likeness (QED) is 0.513. The molecule has 0 radical (unpaired) electrons. The molecular formula is C26H32Cl2N2O3. The lowest BCUT2D eigenvalue weighted by molar-refractivity contribution is -0.158. The smallest absolute Gasteiger partial charge is 0.246 e. The van der Waals surface area contributed by atoms with Crippen LogP contribution < -0.4 is 5.73 Å². The van der Waals surface area contributed by atoms with Crippen molar-refractivity contribution in [1.29, 1.82) is 0 Å². The number of amides is 2. The van der Waals surface area contributed by atoms with E-state index in [9.17, 15) is 14.7 Å². The van der Waals surface area contributed by atoms with Crippen molar-refractivity contribution < 1.29 is 14.7 Å². The minimum Gasteiger partial charge on any atom is -0.383 e. The van der Waals surface area contributed by atoms with E-state index in [1.807, 2.05) is 60.4 Å². The number of rotatable bonds is 8. The van der Waals surface area contributed by atoms with Crippen LogP contribution >= 0.6 is 23.2 Å². The summed E-state index contributed by atoms with van der Waals surface area (Å²) in [6, 6.07) is 15.0. The van der Waals surface area contributed by atoms with E-state index in [0.29, 0.717) is 16.5 Å². The summed E-state index contributed by atoms with van der Waals surface area (Å²) in [5.74, 6) is -1.000. The van der Waals surface area contributed by atoms with Crippen molar-refractivity contribution in [1.82, 2.24) is 4.90 Å². The standard InChI is InChI=1S/C26H32Cl2N2O3/c1-4-20(5-2)30-23(16-9-11-18(27)12-10-16)21(17-7-6-8-19(28)13-17)14-26(3,25(30)33)15-22(31)24(29)32/h6-13,20-23,31H,4-5,14-15H2,1-3H3,(H2,29,32)/t21-,22?,23-,26-/m1/s1. The van der Waals surface area contributed by atoms with E-state index in [4.69, 9.17) is 28.9 Å². The monoisotopic (exact) mass is 490 g/mol. The van der Waals surface area contributed by atoms with Gasteiger partial charge in [-0.3, -0.25) is 9.59 Å². The number of hydrogen-bond acceptors (Lipinski definition) is 3. The number of halogens is 2. The molecule has 1 heterocycles. The molecule has 0 aromatic heterocycles. The molecular weight excluding hydrogens is 459 g/mol. The van der Waals surface area contributed by atoms with Gasteiger partial charge in [-0.15, -0.1) is 0 Å². The van der Waals surface area contributed by atoms with Gasteiger partial charge in [0.15, 0.2) is 0 Å². The predicted octanol–water partition coefficient (Wildman–Crippen LogP) is 5.48. The lowest BCUT2D eigenvalue weighted by atomic mass is 9.66. The Labute approximate surface area is 205 Å². The van der Waals surface area contributed by atoms with Gasteiger partial charge in [-0.25, -0.2) is 0 Å². The van der Waals surface area contributed by atoms with Gasteiger partial charge >= 0.3 is 0 Å². The van der Waals surface area contributed by atoms with Crippen LogP contribution in [0.25, 0.3) is 0 Å². The van der Waals surface area contributed by atoms with Crippen molar-refractivity contribution >= 4 is 35.0 Å². The van der Waals surface area contributed by atoms with Crippen LogP contribution in [0.4, 0.5) is 0 Å². The molecule has 7 heteroatoms. The highest BCUT2D eigenvalue weighted by Crippen LogP contribution is 2.52. The van der Waals surface area contributed by atoms with Crippen LogP contribution in [0.2, 0.25) is 10.0 Å². The normalized spacial score (nSPS) is 24.2. The van der Waals surface area contributed by atoms with Crippen LogP contribution in [0, 0.1) is 5.41 Å². The van der Waals surface area contributed by atoms with E-state index in [0.717, 1.165) is 24.0 Å². The summed E-state index contributed by atoms with van der Waals surface area (Å²) in [7, 11) is 0. The Kier molecular flexibility index (Phi) is 8.09. The second kappa shape index (κ2) is 10.5. The Bertz CT molecular complexity index is 993. The molecule has 33 heavy (non-hydrogen) atoms. The second-order valence-corrected chi connectivity index (χ2v) is 10.1. The molecule has 1 aliphatic heterocycles. The fraction of sp³-hybridized carbons (Fsp3) is 0.462. The van der Waals surface area contributed by atoms with Gasteiger partial charge in [0.25, 0.3) is 0 Å². The Morgan fingerprint density at radius 1 is 1.12 bits per heavy atom. The van der Waals surface area contributed by atoms with E-state index in [2.05, 4.69) is 13.8 Å². The number of hydrogen-bond donors (Lipinski definition) is 2. The molecule has 0 saturated carbocycles. The molecule has 0 aliphatic carbocycles. The predicted molar refractivity (Wildman–Crippen MR) is 132 cm³/mol. The number of carbonyl (C=O) groups is 2. The van der Waals surface area contributed by atoms with Crippen molar-refractivity contribution in [3.8, 4) is 0 Å². The lowest BCUT2D eigenvalue weighted by Gasteiger charge is -2.52. The summed E-state index contributed by atoms with van der Waals surface area (Å²) in [5.41, 5.74) is 6.39. The molecule has 1 saturated heterocycles. The summed E-state index contributed by atoms with van der Waals surface area (Å²) < 4.78 is 0. The first-order chi connectivity index (χ1) is 15.6. The maximum Gasteiger partial charge on any atom is 0.246 e. The molecule has 1 aliphatic rings. The van der Waals surface area contributed by atoms with Crippen LogP contribution in [0.15, 0.2) is 48.5 Å². The topological polar surface area (TPSA) is 83.6 Å². The first-order valence-electron chi connectivity index (χ1n) is 11.4. The van der Waals surface area contributed by atoms with Gasteiger partial charge in [0.2, 0.25) is 11.8 Å². The maximum atomic E-state index is 14.1. The Hall–Kier alpha value is -2.08. The van der Waals surface area contributed by atoms with Crippen LogP contribution in [-0.4, -0.2) is 34.0 Å². The van der Waals surface area contributed by atoms with Gasteiger partial charge in [0, 0.05) is 22.0 Å². The molecule has 0 spiro atoms. The van der Waals surface area contributed by atoms with E-state index in [-0.39, 0.29) is 30.3 Å². The average molecular weight is 491 g/mol. The van der Waals surface area contributed by atoms with Crippen LogP contribution in [0.3, 0.4) is 0 Å². The second-order valence-electron chi connectivity index (χ2n) is 9.23. The zero-order valence-corrected chi connectivity index (χ0v) is 20.8. The van der Waals surface area contributed by atoms with Gasteiger partial charge in [-0.05, 0) is 61.1 Å². The number of likely N-dealkylation sites (tertiary alicyclic amines) is 1. The third-order valence-electron chi connectivity index (χ3n) is 6.90. The zero-order chi connectivity index (χ0) is 24.3. The van der Waals surface area contributed by atoms with Crippen molar-refractivity contribution in [3.63, 3.8) is 0 Å². The highest BCUT2D eigenvalue weighted by atomic mass is 35.5. The molecule has 2 amide bonds. The molecule has 178 valence electrons. The maximum absolute atomic E-state index is 14.1. The number of nitrogens with two attached hydrogens (primary N) is 1. The summed E-state index contributed by atoms with van der Waals surface area (Å²) in [4.78, 5) is 27.7. The molecule has 4 atom stereocenters.